The predicted octanol–water partition coefficient (Wildman–Crippen LogP) is 4.08. The molecule has 0 saturated carbocycles. The first kappa shape index (κ1) is 19.8. The van der Waals surface area contributed by atoms with Crippen molar-refractivity contribution in [3.05, 3.63) is 20.5 Å². The molecule has 26 heavy (non-hydrogen) atoms. The molecule has 1 N–H and O–H groups in total. The maximum Gasteiger partial charge on any atom is 0.407 e. The number of hydrogen-bond acceptors (Lipinski definition) is 4. The molecule has 1 aliphatic rings. The van der Waals surface area contributed by atoms with Crippen molar-refractivity contribution in [2.24, 2.45) is 0 Å². The van der Waals surface area contributed by atoms with Gasteiger partial charge in [-0.2, -0.15) is 0 Å². The summed E-state index contributed by atoms with van der Waals surface area (Å²) in [7, 11) is -1.16. The van der Waals surface area contributed by atoms with Gasteiger partial charge in [-0.3, -0.25) is 0 Å². The summed E-state index contributed by atoms with van der Waals surface area (Å²) in [6.07, 6.45) is -0.881. The fraction of sp³-hybridized carbons (Fsp3) is 0.562. The minimum absolute atomic E-state index is 0.131. The van der Waals surface area contributed by atoms with Crippen molar-refractivity contribution in [1.29, 1.82) is 0 Å². The first-order chi connectivity index (χ1) is 12.2. The van der Waals surface area contributed by atoms with Gasteiger partial charge in [-0.1, -0.05) is 31.2 Å². The van der Waals surface area contributed by atoms with E-state index in [0.29, 0.717) is 31.6 Å². The van der Waals surface area contributed by atoms with E-state index in [0.717, 1.165) is 26.3 Å². The number of halogens is 2. The molecule has 0 aliphatic carbocycles. The minimum atomic E-state index is -1.16. The molecular formula is C16H22ClIN4O3Si. The lowest BCUT2D eigenvalue weighted by molar-refractivity contribution is 0.0783. The number of nitrogens with zero attached hydrogens (tertiary/aromatic N) is 4. The smallest absolute Gasteiger partial charge is 0.407 e. The Morgan fingerprint density at radius 2 is 2.12 bits per heavy atom. The molecule has 3 rings (SSSR count). The lowest BCUT2D eigenvalue weighted by Gasteiger charge is -2.37. The Morgan fingerprint density at radius 3 is 2.73 bits per heavy atom. The van der Waals surface area contributed by atoms with Crippen molar-refractivity contribution >= 4 is 59.4 Å². The van der Waals surface area contributed by atoms with Crippen molar-refractivity contribution in [2.75, 3.05) is 19.7 Å². The number of likely N-dealkylation sites (tertiary alicyclic amines) is 1. The summed E-state index contributed by atoms with van der Waals surface area (Å²) in [5.74, 6) is 0.131. The molecule has 0 radical (unpaired) electrons. The van der Waals surface area contributed by atoms with E-state index in [9.17, 15) is 4.79 Å². The lowest BCUT2D eigenvalue weighted by atomic mass is 9.97. The molecular weight excluding hydrogens is 487 g/mol. The summed E-state index contributed by atoms with van der Waals surface area (Å²) < 4.78 is 9.01. The van der Waals surface area contributed by atoms with Crippen LogP contribution in [0.5, 0.6) is 0 Å². The van der Waals surface area contributed by atoms with E-state index in [1.54, 1.807) is 6.07 Å². The fourth-order valence-electron chi connectivity index (χ4n) is 2.97. The normalized spacial score (nSPS) is 15.5. The maximum absolute atomic E-state index is 11.1. The average Bonchev–Trinajstić information content (AvgIpc) is 2.74. The zero-order chi connectivity index (χ0) is 19.1. The van der Waals surface area contributed by atoms with Gasteiger partial charge in [0.25, 0.3) is 0 Å². The van der Waals surface area contributed by atoms with Gasteiger partial charge in [0.1, 0.15) is 6.73 Å². The lowest BCUT2D eigenvalue weighted by Crippen LogP contribution is -2.48. The average molecular weight is 509 g/mol. The third kappa shape index (κ3) is 4.15. The van der Waals surface area contributed by atoms with Crippen LogP contribution >= 0.6 is 34.2 Å². The van der Waals surface area contributed by atoms with Gasteiger partial charge in [-0.25, -0.2) is 4.79 Å². The van der Waals surface area contributed by atoms with Gasteiger partial charge in [0, 0.05) is 48.3 Å². The van der Waals surface area contributed by atoms with Crippen molar-refractivity contribution in [2.45, 2.75) is 38.3 Å². The monoisotopic (exact) mass is 508 g/mol. The van der Waals surface area contributed by atoms with E-state index in [1.165, 1.54) is 4.90 Å². The number of aromatic nitrogens is 3. The van der Waals surface area contributed by atoms with Crippen LogP contribution in [-0.2, 0) is 11.5 Å². The topological polar surface area (TPSA) is 80.5 Å². The van der Waals surface area contributed by atoms with E-state index in [2.05, 4.69) is 52.4 Å². The SMILES string of the molecule is C[Si](C)(C)CCOCn1c(C2CN(C(=O)O)C2)c(I)c2cc(Cl)nnc21. The number of rotatable bonds is 6. The van der Waals surface area contributed by atoms with E-state index in [4.69, 9.17) is 21.4 Å². The molecule has 1 saturated heterocycles. The summed E-state index contributed by atoms with van der Waals surface area (Å²) in [5.41, 5.74) is 1.79. The van der Waals surface area contributed by atoms with E-state index < -0.39 is 14.2 Å². The van der Waals surface area contributed by atoms with Crippen LogP contribution in [0.1, 0.15) is 11.6 Å². The van der Waals surface area contributed by atoms with Crippen LogP contribution in [-0.4, -0.2) is 58.6 Å². The van der Waals surface area contributed by atoms with Crippen LogP contribution in [0.4, 0.5) is 4.79 Å². The second-order valence-electron chi connectivity index (χ2n) is 7.76. The van der Waals surface area contributed by atoms with Crippen molar-refractivity contribution in [1.82, 2.24) is 19.7 Å². The maximum atomic E-state index is 11.1. The molecule has 1 aliphatic heterocycles. The van der Waals surface area contributed by atoms with Crippen molar-refractivity contribution in [3.8, 4) is 0 Å². The number of fused-ring (bicyclic) bond motifs is 1. The molecule has 0 unspecified atom stereocenters. The summed E-state index contributed by atoms with van der Waals surface area (Å²) >= 11 is 8.31. The third-order valence-corrected chi connectivity index (χ3v) is 7.53. The molecule has 1 fully saturated rings. The zero-order valence-corrected chi connectivity index (χ0v) is 18.9. The predicted molar refractivity (Wildman–Crippen MR) is 112 cm³/mol. The highest BCUT2D eigenvalue weighted by molar-refractivity contribution is 14.1. The van der Waals surface area contributed by atoms with E-state index >= 15 is 0 Å². The van der Waals surface area contributed by atoms with Crippen LogP contribution in [0.15, 0.2) is 6.07 Å². The molecule has 0 spiro atoms. The Balaban J connectivity index is 1.87. The Morgan fingerprint density at radius 1 is 1.42 bits per heavy atom. The van der Waals surface area contributed by atoms with Crippen LogP contribution in [0.2, 0.25) is 30.8 Å². The van der Waals surface area contributed by atoms with Gasteiger partial charge >= 0.3 is 6.09 Å². The van der Waals surface area contributed by atoms with Gasteiger partial charge in [-0.05, 0) is 34.7 Å². The molecule has 1 amide bonds. The summed E-state index contributed by atoms with van der Waals surface area (Å²) in [6, 6.07) is 2.90. The molecule has 2 aromatic heterocycles. The molecule has 142 valence electrons. The van der Waals surface area contributed by atoms with Crippen molar-refractivity contribution < 1.29 is 14.6 Å². The van der Waals surface area contributed by atoms with Crippen molar-refractivity contribution in [3.63, 3.8) is 0 Å². The molecule has 10 heteroatoms. The van der Waals surface area contributed by atoms with Crippen LogP contribution in [0.25, 0.3) is 11.0 Å². The van der Waals surface area contributed by atoms with Gasteiger partial charge in [0.2, 0.25) is 0 Å². The van der Waals surface area contributed by atoms with Gasteiger partial charge in [-0.15, -0.1) is 10.2 Å². The summed E-state index contributed by atoms with van der Waals surface area (Å²) in [6.45, 7) is 9.02. The summed E-state index contributed by atoms with van der Waals surface area (Å²) in [4.78, 5) is 12.5. The van der Waals surface area contributed by atoms with Gasteiger partial charge in [0.05, 0.1) is 0 Å². The molecule has 0 aromatic carbocycles. The van der Waals surface area contributed by atoms with Crippen LogP contribution < -0.4 is 0 Å². The van der Waals surface area contributed by atoms with Crippen LogP contribution in [0, 0.1) is 3.57 Å². The number of ether oxygens (including phenoxy) is 1. The molecule has 0 bridgehead atoms. The minimum Gasteiger partial charge on any atom is -0.465 e. The number of amides is 1. The summed E-state index contributed by atoms with van der Waals surface area (Å²) in [5, 5.41) is 18.6. The molecule has 7 nitrogen and oxygen atoms in total. The van der Waals surface area contributed by atoms with Gasteiger partial charge in [0.15, 0.2) is 10.8 Å². The van der Waals surface area contributed by atoms with E-state index in [1.807, 2.05) is 4.57 Å². The third-order valence-electron chi connectivity index (χ3n) is 4.51. The highest BCUT2D eigenvalue weighted by atomic mass is 127. The number of carbonyl (C=O) groups is 1. The second-order valence-corrected chi connectivity index (χ2v) is 14.9. The zero-order valence-electron chi connectivity index (χ0n) is 15.0. The molecule has 3 heterocycles. The standard InChI is InChI=1S/C16H22ClIN4O3Si/c1-26(2,3)5-4-25-9-22-14(10-7-21(8-10)16(23)24)13(18)11-6-12(17)19-20-15(11)22/h6,10H,4-5,7-9H2,1-3H3,(H,23,24). The first-order valence-electron chi connectivity index (χ1n) is 8.44. The Bertz CT molecular complexity index is 833. The Hall–Kier alpha value is -0.913. The second kappa shape index (κ2) is 7.61. The van der Waals surface area contributed by atoms with E-state index in [-0.39, 0.29) is 5.92 Å². The quantitative estimate of drug-likeness (QED) is 0.361. The Labute approximate surface area is 171 Å². The number of hydrogen-bond donors (Lipinski definition) is 1. The van der Waals surface area contributed by atoms with Crippen LogP contribution in [0.3, 0.4) is 0 Å². The highest BCUT2D eigenvalue weighted by Gasteiger charge is 2.36. The molecule has 2 aromatic rings. The number of carboxylic acid groups (broad SMARTS) is 1. The Kier molecular flexibility index (Phi) is 5.80. The fourth-order valence-corrected chi connectivity index (χ4v) is 5.00. The van der Waals surface area contributed by atoms with Gasteiger partial charge < -0.3 is 19.3 Å². The highest BCUT2D eigenvalue weighted by Crippen LogP contribution is 2.36. The largest absolute Gasteiger partial charge is 0.465 e. The molecule has 0 atom stereocenters. The first-order valence-corrected chi connectivity index (χ1v) is 13.6.